The third-order valence-electron chi connectivity index (χ3n) is 4.49. The fraction of sp³-hybridized carbons (Fsp3) is 0.227. The molecule has 3 rings (SSSR count). The summed E-state index contributed by atoms with van der Waals surface area (Å²) in [6.07, 6.45) is 1.68. The van der Waals surface area contributed by atoms with Crippen LogP contribution >= 0.6 is 0 Å². The van der Waals surface area contributed by atoms with Gasteiger partial charge in [-0.05, 0) is 37.3 Å². The number of rotatable bonds is 8. The van der Waals surface area contributed by atoms with Crippen molar-refractivity contribution in [3.8, 4) is 5.75 Å². The van der Waals surface area contributed by atoms with Crippen LogP contribution in [0.1, 0.15) is 22.8 Å². The van der Waals surface area contributed by atoms with Gasteiger partial charge in [0.2, 0.25) is 5.91 Å². The molecule has 0 unspecified atom stereocenters. The first-order valence-corrected chi connectivity index (χ1v) is 9.35. The van der Waals surface area contributed by atoms with E-state index in [0.717, 1.165) is 11.3 Å². The van der Waals surface area contributed by atoms with Gasteiger partial charge >= 0.3 is 6.03 Å². The van der Waals surface area contributed by atoms with E-state index in [1.807, 2.05) is 31.2 Å². The smallest absolute Gasteiger partial charge is 0.329 e. The summed E-state index contributed by atoms with van der Waals surface area (Å²) in [5.41, 5.74) is 1.95. The van der Waals surface area contributed by atoms with Gasteiger partial charge in [-0.3, -0.25) is 19.8 Å². The van der Waals surface area contributed by atoms with Gasteiger partial charge in [0.25, 0.3) is 5.91 Å². The Morgan fingerprint density at radius 3 is 2.55 bits per heavy atom. The molecule has 2 aromatic rings. The highest BCUT2D eigenvalue weighted by Crippen LogP contribution is 2.22. The van der Waals surface area contributed by atoms with Gasteiger partial charge in [0, 0.05) is 29.9 Å². The number of carbonyl (C=O) groups is 3. The number of hydrogen-bond donors (Lipinski definition) is 1. The van der Waals surface area contributed by atoms with E-state index in [-0.39, 0.29) is 18.4 Å². The molecule has 7 heteroatoms. The summed E-state index contributed by atoms with van der Waals surface area (Å²) in [6.45, 7) is 6.94. The van der Waals surface area contributed by atoms with Crippen molar-refractivity contribution in [3.63, 3.8) is 0 Å². The predicted molar refractivity (Wildman–Crippen MR) is 110 cm³/mol. The van der Waals surface area contributed by atoms with E-state index in [1.165, 1.54) is 4.90 Å². The van der Waals surface area contributed by atoms with E-state index in [1.54, 1.807) is 35.2 Å². The van der Waals surface area contributed by atoms with Crippen LogP contribution in [-0.4, -0.2) is 42.4 Å². The van der Waals surface area contributed by atoms with Crippen molar-refractivity contribution in [2.24, 2.45) is 0 Å². The lowest BCUT2D eigenvalue weighted by Gasteiger charge is -2.23. The summed E-state index contributed by atoms with van der Waals surface area (Å²) in [7, 11) is 0. The van der Waals surface area contributed by atoms with Crippen LogP contribution in [0.15, 0.2) is 61.2 Å². The zero-order chi connectivity index (χ0) is 20.8. The van der Waals surface area contributed by atoms with E-state index >= 15 is 0 Å². The minimum Gasteiger partial charge on any atom is -0.494 e. The molecule has 1 fully saturated rings. The van der Waals surface area contributed by atoms with Crippen molar-refractivity contribution in [1.29, 1.82) is 0 Å². The second-order valence-electron chi connectivity index (χ2n) is 6.50. The fourth-order valence-corrected chi connectivity index (χ4v) is 3.13. The molecule has 7 nitrogen and oxygen atoms in total. The first-order valence-electron chi connectivity index (χ1n) is 9.35. The molecule has 1 aliphatic heterocycles. The van der Waals surface area contributed by atoms with Gasteiger partial charge in [-0.1, -0.05) is 24.3 Å². The molecule has 0 atom stereocenters. The van der Waals surface area contributed by atoms with Crippen molar-refractivity contribution in [2.75, 3.05) is 24.6 Å². The van der Waals surface area contributed by atoms with Gasteiger partial charge in [0.05, 0.1) is 6.61 Å². The van der Waals surface area contributed by atoms with Gasteiger partial charge < -0.3 is 9.64 Å². The minimum atomic E-state index is -0.463. The molecule has 2 aromatic carbocycles. The number of hydrogen-bond acceptors (Lipinski definition) is 4. The lowest BCUT2D eigenvalue weighted by atomic mass is 10.1. The lowest BCUT2D eigenvalue weighted by Crippen LogP contribution is -2.31. The van der Waals surface area contributed by atoms with Gasteiger partial charge in [-0.2, -0.15) is 0 Å². The number of amides is 4. The highest BCUT2D eigenvalue weighted by atomic mass is 16.5. The summed E-state index contributed by atoms with van der Waals surface area (Å²) in [5, 5.41) is 2.23. The van der Waals surface area contributed by atoms with Crippen LogP contribution in [0.5, 0.6) is 5.75 Å². The van der Waals surface area contributed by atoms with Crippen molar-refractivity contribution >= 4 is 23.5 Å². The van der Waals surface area contributed by atoms with Crippen molar-refractivity contribution < 1.29 is 19.1 Å². The average Bonchev–Trinajstić information content (AvgIpc) is 3.07. The quantitative estimate of drug-likeness (QED) is 0.552. The van der Waals surface area contributed by atoms with Crippen molar-refractivity contribution in [3.05, 3.63) is 72.3 Å². The van der Waals surface area contributed by atoms with Gasteiger partial charge in [0.1, 0.15) is 12.3 Å². The Hall–Kier alpha value is -3.61. The van der Waals surface area contributed by atoms with Gasteiger partial charge in [-0.15, -0.1) is 6.58 Å². The van der Waals surface area contributed by atoms with Crippen molar-refractivity contribution in [1.82, 2.24) is 10.2 Å². The van der Waals surface area contributed by atoms with Gasteiger partial charge in [-0.25, -0.2) is 4.79 Å². The maximum absolute atomic E-state index is 13.0. The molecule has 4 amide bonds. The van der Waals surface area contributed by atoms with Crippen LogP contribution in [0, 0.1) is 0 Å². The topological polar surface area (TPSA) is 79.0 Å². The number of urea groups is 1. The fourth-order valence-electron chi connectivity index (χ4n) is 3.13. The molecule has 1 saturated heterocycles. The Labute approximate surface area is 169 Å². The number of anilines is 1. The second-order valence-corrected chi connectivity index (χ2v) is 6.50. The van der Waals surface area contributed by atoms with Crippen LogP contribution in [0.25, 0.3) is 0 Å². The molecule has 1 heterocycles. The number of benzene rings is 2. The normalized spacial score (nSPS) is 13.2. The Balaban J connectivity index is 1.78. The molecule has 0 spiro atoms. The molecule has 150 valence electrons. The van der Waals surface area contributed by atoms with Crippen LogP contribution in [0.2, 0.25) is 0 Å². The maximum atomic E-state index is 13.0. The first-order chi connectivity index (χ1) is 14.0. The predicted octanol–water partition coefficient (Wildman–Crippen LogP) is 2.97. The van der Waals surface area contributed by atoms with Crippen LogP contribution < -0.4 is 15.0 Å². The zero-order valence-corrected chi connectivity index (χ0v) is 16.3. The van der Waals surface area contributed by atoms with E-state index in [0.29, 0.717) is 30.9 Å². The molecule has 1 N–H and O–H groups in total. The number of para-hydroxylation sites is 1. The number of nitrogens with one attached hydrogen (secondary N) is 1. The summed E-state index contributed by atoms with van der Waals surface area (Å²) in [5.74, 6) is 0.238. The summed E-state index contributed by atoms with van der Waals surface area (Å²) in [6, 6.07) is 13.8. The Morgan fingerprint density at radius 1 is 1.21 bits per heavy atom. The van der Waals surface area contributed by atoms with E-state index in [9.17, 15) is 14.4 Å². The second kappa shape index (κ2) is 9.05. The molecule has 0 bridgehead atoms. The van der Waals surface area contributed by atoms with E-state index in [4.69, 9.17) is 4.74 Å². The molecule has 29 heavy (non-hydrogen) atoms. The van der Waals surface area contributed by atoms with Crippen LogP contribution in [-0.2, 0) is 11.3 Å². The van der Waals surface area contributed by atoms with E-state index < -0.39 is 6.03 Å². The highest BCUT2D eigenvalue weighted by Gasteiger charge is 2.28. The summed E-state index contributed by atoms with van der Waals surface area (Å²) < 4.78 is 5.66. The third kappa shape index (κ3) is 4.63. The number of ether oxygens (including phenoxy) is 1. The number of carbonyl (C=O) groups excluding carboxylic acids is 3. The number of imide groups is 1. The Kier molecular flexibility index (Phi) is 6.29. The molecule has 0 saturated carbocycles. The monoisotopic (exact) mass is 393 g/mol. The minimum absolute atomic E-state index is 0.0249. The standard InChI is InChI=1S/C22H23N3O4/c1-3-13-24(14-17-7-5-6-8-19(17)29-4-2)21(27)16-9-11-18(12-10-16)25-15-20(26)23-22(25)28/h3,5-12H,1,4,13-15H2,2H3,(H,23,26,28). The lowest BCUT2D eigenvalue weighted by molar-refractivity contribution is -0.117. The molecular weight excluding hydrogens is 370 g/mol. The first kappa shape index (κ1) is 20.1. The Morgan fingerprint density at radius 2 is 1.93 bits per heavy atom. The average molecular weight is 393 g/mol. The summed E-state index contributed by atoms with van der Waals surface area (Å²) >= 11 is 0. The van der Waals surface area contributed by atoms with E-state index in [2.05, 4.69) is 11.9 Å². The highest BCUT2D eigenvalue weighted by molar-refractivity contribution is 6.12. The number of nitrogens with zero attached hydrogens (tertiary/aromatic N) is 2. The zero-order valence-electron chi connectivity index (χ0n) is 16.3. The molecule has 0 aliphatic carbocycles. The Bertz CT molecular complexity index is 924. The van der Waals surface area contributed by atoms with Crippen molar-refractivity contribution in [2.45, 2.75) is 13.5 Å². The summed E-state index contributed by atoms with van der Waals surface area (Å²) in [4.78, 5) is 39.2. The third-order valence-corrected chi connectivity index (χ3v) is 4.49. The molecule has 1 aliphatic rings. The molecule has 0 radical (unpaired) electrons. The van der Waals surface area contributed by atoms with Crippen LogP contribution in [0.4, 0.5) is 10.5 Å². The molecule has 0 aromatic heterocycles. The maximum Gasteiger partial charge on any atom is 0.329 e. The largest absolute Gasteiger partial charge is 0.494 e. The SMILES string of the molecule is C=CCN(Cc1ccccc1OCC)C(=O)c1ccc(N2CC(=O)NC2=O)cc1. The molecular formula is C22H23N3O4. The van der Waals surface area contributed by atoms with Gasteiger partial charge in [0.15, 0.2) is 0 Å². The van der Waals surface area contributed by atoms with Crippen LogP contribution in [0.3, 0.4) is 0 Å².